The molecular formula is C28H25N3O4S. The molecule has 1 aliphatic rings. The lowest BCUT2D eigenvalue weighted by Crippen LogP contribution is -2.31. The van der Waals surface area contributed by atoms with Crippen LogP contribution in [0.4, 0.5) is 0 Å². The van der Waals surface area contributed by atoms with E-state index in [1.165, 1.54) is 11.3 Å². The maximum absolute atomic E-state index is 13.8. The van der Waals surface area contributed by atoms with Gasteiger partial charge in [-0.2, -0.15) is 5.26 Å². The van der Waals surface area contributed by atoms with Gasteiger partial charge in [-0.05, 0) is 53.9 Å². The number of nitrogens with zero attached hydrogens (tertiary/aromatic N) is 3. The second kappa shape index (κ2) is 9.97. The molecule has 0 N–H and O–H groups in total. The Balaban J connectivity index is 1.52. The fraction of sp³-hybridized carbons (Fsp3) is 0.250. The number of aromatic nitrogens is 1. The fourth-order valence-corrected chi connectivity index (χ4v) is 5.39. The molecule has 7 nitrogen and oxygen atoms in total. The second-order valence-corrected chi connectivity index (χ2v) is 9.87. The highest BCUT2D eigenvalue weighted by Gasteiger charge is 2.26. The van der Waals surface area contributed by atoms with Crippen molar-refractivity contribution in [2.24, 2.45) is 7.05 Å². The lowest BCUT2D eigenvalue weighted by molar-refractivity contribution is 0.0742. The van der Waals surface area contributed by atoms with Crippen molar-refractivity contribution in [1.29, 1.82) is 5.26 Å². The summed E-state index contributed by atoms with van der Waals surface area (Å²) in [6.07, 6.45) is 2.79. The average Bonchev–Trinajstić information content (AvgIpc) is 3.62. The summed E-state index contributed by atoms with van der Waals surface area (Å²) in [7, 11) is 3.34. The number of aryl methyl sites for hydroxylation is 1. The van der Waals surface area contributed by atoms with Crippen LogP contribution in [0.15, 0.2) is 65.6 Å². The Hall–Kier alpha value is -3.93. The van der Waals surface area contributed by atoms with Crippen LogP contribution in [0.1, 0.15) is 27.2 Å². The summed E-state index contributed by atoms with van der Waals surface area (Å²) in [5.74, 6) is 0.633. The molecule has 8 heteroatoms. The van der Waals surface area contributed by atoms with Crippen LogP contribution >= 0.6 is 11.3 Å². The first-order valence-electron chi connectivity index (χ1n) is 11.6. The zero-order valence-electron chi connectivity index (χ0n) is 20.1. The van der Waals surface area contributed by atoms with Gasteiger partial charge in [-0.15, -0.1) is 11.3 Å². The first-order valence-corrected chi connectivity index (χ1v) is 12.5. The van der Waals surface area contributed by atoms with Gasteiger partial charge in [0.25, 0.3) is 5.91 Å². The van der Waals surface area contributed by atoms with Crippen LogP contribution in [0.2, 0.25) is 0 Å². The fourth-order valence-electron chi connectivity index (χ4n) is 4.21. The van der Waals surface area contributed by atoms with Crippen LogP contribution in [0.5, 0.6) is 5.75 Å². The van der Waals surface area contributed by atoms with Crippen LogP contribution in [0.3, 0.4) is 0 Å². The summed E-state index contributed by atoms with van der Waals surface area (Å²) in [4.78, 5) is 28.1. The molecule has 3 heterocycles. The Kier molecular flexibility index (Phi) is 6.59. The molecule has 0 bridgehead atoms. The number of thiophene rings is 1. The van der Waals surface area contributed by atoms with Crippen molar-refractivity contribution in [2.75, 3.05) is 20.3 Å². The number of carbonyl (C=O) groups excluding carboxylic acids is 1. The number of carbonyl (C=O) groups is 1. The summed E-state index contributed by atoms with van der Waals surface area (Å²) in [6, 6.07) is 18.5. The van der Waals surface area contributed by atoms with Crippen molar-refractivity contribution < 1.29 is 14.3 Å². The Labute approximate surface area is 212 Å². The minimum absolute atomic E-state index is 0.0605. The van der Waals surface area contributed by atoms with Crippen molar-refractivity contribution in [3.8, 4) is 22.9 Å². The average molecular weight is 500 g/mol. The van der Waals surface area contributed by atoms with E-state index in [9.17, 15) is 9.59 Å². The quantitative estimate of drug-likeness (QED) is 0.331. The van der Waals surface area contributed by atoms with Gasteiger partial charge >= 0.3 is 0 Å². The number of benzene rings is 2. The predicted molar refractivity (Wildman–Crippen MR) is 139 cm³/mol. The molecule has 1 amide bonds. The van der Waals surface area contributed by atoms with Crippen LogP contribution in [0, 0.1) is 11.3 Å². The zero-order valence-corrected chi connectivity index (χ0v) is 20.9. The summed E-state index contributed by atoms with van der Waals surface area (Å²) in [5.41, 5.74) is 3.30. The molecule has 5 rings (SSSR count). The molecule has 0 aliphatic carbocycles. The number of methoxy groups -OCH3 is 1. The minimum Gasteiger partial charge on any atom is -0.496 e. The maximum Gasteiger partial charge on any atom is 0.264 e. The number of rotatable bonds is 8. The number of fused-ring (bicyclic) bond motifs is 1. The smallest absolute Gasteiger partial charge is 0.264 e. The van der Waals surface area contributed by atoms with Gasteiger partial charge in [0.05, 0.1) is 36.3 Å². The molecule has 0 spiro atoms. The third kappa shape index (κ3) is 4.89. The molecule has 0 saturated carbocycles. The lowest BCUT2D eigenvalue weighted by Gasteiger charge is -2.22. The van der Waals surface area contributed by atoms with E-state index < -0.39 is 0 Å². The third-order valence-corrected chi connectivity index (χ3v) is 7.49. The van der Waals surface area contributed by atoms with E-state index in [0.717, 1.165) is 39.8 Å². The molecular weight excluding hydrogens is 474 g/mol. The number of pyridine rings is 1. The molecule has 182 valence electrons. The van der Waals surface area contributed by atoms with E-state index in [-0.39, 0.29) is 17.6 Å². The SMILES string of the molecule is COc1ccc(-c2ccc(=O)n(C)c2)c2sc(C(=O)N(CCC3CO3)Cc3ccc(C#N)cc3)cc12. The summed E-state index contributed by atoms with van der Waals surface area (Å²) in [5, 5.41) is 9.95. The van der Waals surface area contributed by atoms with Gasteiger partial charge in [0.15, 0.2) is 0 Å². The molecule has 0 radical (unpaired) electrons. The Bertz CT molecular complexity index is 1530. The van der Waals surface area contributed by atoms with Gasteiger partial charge in [0.1, 0.15) is 5.75 Å². The highest BCUT2D eigenvalue weighted by molar-refractivity contribution is 7.21. The van der Waals surface area contributed by atoms with E-state index in [4.69, 9.17) is 14.7 Å². The minimum atomic E-state index is -0.0800. The molecule has 4 aromatic rings. The second-order valence-electron chi connectivity index (χ2n) is 8.82. The van der Waals surface area contributed by atoms with Gasteiger partial charge in [-0.3, -0.25) is 9.59 Å². The molecule has 1 saturated heterocycles. The molecule has 2 aromatic heterocycles. The third-order valence-electron chi connectivity index (χ3n) is 6.34. The monoisotopic (exact) mass is 499 g/mol. The van der Waals surface area contributed by atoms with Crippen molar-refractivity contribution in [2.45, 2.75) is 19.1 Å². The largest absolute Gasteiger partial charge is 0.496 e. The highest BCUT2D eigenvalue weighted by atomic mass is 32.1. The van der Waals surface area contributed by atoms with Gasteiger partial charge in [0, 0.05) is 48.0 Å². The number of ether oxygens (including phenoxy) is 2. The van der Waals surface area contributed by atoms with Crippen molar-refractivity contribution in [1.82, 2.24) is 9.47 Å². The van der Waals surface area contributed by atoms with E-state index in [1.807, 2.05) is 35.2 Å². The van der Waals surface area contributed by atoms with Crippen LogP contribution in [0.25, 0.3) is 21.2 Å². The first-order chi connectivity index (χ1) is 17.5. The molecule has 1 aliphatic heterocycles. The zero-order chi connectivity index (χ0) is 25.2. The lowest BCUT2D eigenvalue weighted by atomic mass is 10.0. The van der Waals surface area contributed by atoms with E-state index in [0.29, 0.717) is 29.3 Å². The van der Waals surface area contributed by atoms with Gasteiger partial charge in [0.2, 0.25) is 5.56 Å². The summed E-state index contributed by atoms with van der Waals surface area (Å²) < 4.78 is 13.5. The Morgan fingerprint density at radius 1 is 1.22 bits per heavy atom. The number of amides is 1. The standard InChI is InChI=1S/C28H25N3O4S/c1-30-16-20(7-10-26(30)32)22-8-9-24(34-2)23-13-25(36-27(22)23)28(33)31(12-11-21-17-35-21)15-19-5-3-18(14-29)4-6-19/h3-10,13,16,21H,11-12,15,17H2,1-2H3. The van der Waals surface area contributed by atoms with E-state index >= 15 is 0 Å². The van der Waals surface area contributed by atoms with E-state index in [1.54, 1.807) is 49.2 Å². The van der Waals surface area contributed by atoms with Gasteiger partial charge < -0.3 is 18.9 Å². The van der Waals surface area contributed by atoms with Crippen LogP contribution < -0.4 is 10.3 Å². The van der Waals surface area contributed by atoms with Crippen molar-refractivity contribution in [3.05, 3.63) is 87.2 Å². The molecule has 1 atom stereocenters. The molecule has 1 unspecified atom stereocenters. The molecule has 36 heavy (non-hydrogen) atoms. The van der Waals surface area contributed by atoms with Crippen LogP contribution in [-0.4, -0.2) is 41.7 Å². The van der Waals surface area contributed by atoms with Crippen molar-refractivity contribution >= 4 is 27.3 Å². The number of hydrogen-bond acceptors (Lipinski definition) is 6. The highest BCUT2D eigenvalue weighted by Crippen LogP contribution is 2.40. The molecule has 1 fully saturated rings. The van der Waals surface area contributed by atoms with Crippen LogP contribution in [-0.2, 0) is 18.3 Å². The normalized spacial score (nSPS) is 14.4. The topological polar surface area (TPSA) is 87.9 Å². The van der Waals surface area contributed by atoms with Gasteiger partial charge in [-0.1, -0.05) is 12.1 Å². The number of nitriles is 1. The predicted octanol–water partition coefficient (Wildman–Crippen LogP) is 4.58. The first kappa shape index (κ1) is 23.8. The summed E-state index contributed by atoms with van der Waals surface area (Å²) >= 11 is 1.43. The van der Waals surface area contributed by atoms with Gasteiger partial charge in [-0.25, -0.2) is 0 Å². The maximum atomic E-state index is 13.8. The Morgan fingerprint density at radius 2 is 2.00 bits per heavy atom. The molecule has 2 aromatic carbocycles. The van der Waals surface area contributed by atoms with E-state index in [2.05, 4.69) is 6.07 Å². The number of hydrogen-bond donors (Lipinski definition) is 0. The number of epoxide rings is 1. The Morgan fingerprint density at radius 3 is 2.67 bits per heavy atom. The summed E-state index contributed by atoms with van der Waals surface area (Å²) in [6.45, 7) is 1.75. The van der Waals surface area contributed by atoms with Crippen molar-refractivity contribution in [3.63, 3.8) is 0 Å².